The highest BCUT2D eigenvalue weighted by atomic mass is 32.2. The highest BCUT2D eigenvalue weighted by Gasteiger charge is 2.39. The molecule has 0 bridgehead atoms. The molecule has 1 unspecified atom stereocenters. The second-order valence-corrected chi connectivity index (χ2v) is 8.14. The summed E-state index contributed by atoms with van der Waals surface area (Å²) < 4.78 is 28.6. The van der Waals surface area contributed by atoms with E-state index in [0.29, 0.717) is 12.2 Å². The average Bonchev–Trinajstić information content (AvgIpc) is 2.62. The number of aryl methyl sites for hydroxylation is 2. The van der Waals surface area contributed by atoms with Crippen molar-refractivity contribution < 1.29 is 17.9 Å². The number of carbonyl (C=O) groups is 1. The maximum Gasteiger partial charge on any atom is 0.258 e. The number of hydrogen-bond acceptors (Lipinski definition) is 4. The van der Waals surface area contributed by atoms with Crippen LogP contribution in [0.4, 0.5) is 0 Å². The van der Waals surface area contributed by atoms with Gasteiger partial charge in [0.25, 0.3) is 5.91 Å². The first-order chi connectivity index (χ1) is 9.71. The van der Waals surface area contributed by atoms with Crippen LogP contribution in [-0.2, 0) is 14.6 Å². The molecule has 0 spiro atoms. The minimum atomic E-state index is -3.04. The van der Waals surface area contributed by atoms with Crippen LogP contribution in [0.3, 0.4) is 0 Å². The van der Waals surface area contributed by atoms with Crippen LogP contribution in [-0.4, -0.2) is 38.0 Å². The van der Waals surface area contributed by atoms with Gasteiger partial charge in [-0.3, -0.25) is 4.79 Å². The number of hydrogen-bond donors (Lipinski definition) is 1. The second kappa shape index (κ2) is 5.67. The van der Waals surface area contributed by atoms with Gasteiger partial charge in [-0.2, -0.15) is 0 Å². The smallest absolute Gasteiger partial charge is 0.258 e. The summed E-state index contributed by atoms with van der Waals surface area (Å²) in [6.07, 6.45) is 0.449. The Morgan fingerprint density at radius 2 is 1.95 bits per heavy atom. The minimum absolute atomic E-state index is 0.00483. The number of para-hydroxylation sites is 1. The number of rotatable bonds is 4. The minimum Gasteiger partial charge on any atom is -0.483 e. The van der Waals surface area contributed by atoms with Gasteiger partial charge in [-0.05, 0) is 38.3 Å². The molecule has 5 nitrogen and oxygen atoms in total. The van der Waals surface area contributed by atoms with Crippen LogP contribution in [0, 0.1) is 13.8 Å². The van der Waals surface area contributed by atoms with Crippen LogP contribution in [0.2, 0.25) is 0 Å². The van der Waals surface area contributed by atoms with E-state index in [1.54, 1.807) is 6.92 Å². The fraction of sp³-hybridized carbons (Fsp3) is 0.533. The van der Waals surface area contributed by atoms with Crippen LogP contribution >= 0.6 is 0 Å². The molecule has 0 aliphatic carbocycles. The second-order valence-electron chi connectivity index (χ2n) is 5.96. The number of carbonyl (C=O) groups excluding carboxylic acids is 1. The standard InChI is InChI=1S/C15H21NO4S/c1-11-5-4-6-12(2)14(11)20-9-13(17)16-15(3)7-8-21(18,19)10-15/h4-6H,7-10H2,1-3H3,(H,16,17). The normalized spacial score (nSPS) is 23.8. The van der Waals surface area contributed by atoms with E-state index < -0.39 is 15.4 Å². The highest BCUT2D eigenvalue weighted by molar-refractivity contribution is 7.91. The first-order valence-electron chi connectivity index (χ1n) is 6.91. The number of amides is 1. The van der Waals surface area contributed by atoms with Gasteiger partial charge in [0.15, 0.2) is 16.4 Å². The molecule has 0 radical (unpaired) electrons. The molecule has 1 atom stereocenters. The largest absolute Gasteiger partial charge is 0.483 e. The van der Waals surface area contributed by atoms with Crippen LogP contribution in [0.25, 0.3) is 0 Å². The van der Waals surface area contributed by atoms with Crippen molar-refractivity contribution in [2.24, 2.45) is 0 Å². The molecule has 1 N–H and O–H groups in total. The molecule has 1 fully saturated rings. The molecule has 1 aromatic rings. The number of ether oxygens (including phenoxy) is 1. The van der Waals surface area contributed by atoms with Gasteiger partial charge in [0, 0.05) is 0 Å². The van der Waals surface area contributed by atoms with Crippen LogP contribution < -0.4 is 10.1 Å². The van der Waals surface area contributed by atoms with Crippen molar-refractivity contribution in [2.45, 2.75) is 32.7 Å². The van der Waals surface area contributed by atoms with Gasteiger partial charge in [0.05, 0.1) is 17.0 Å². The van der Waals surface area contributed by atoms with E-state index >= 15 is 0 Å². The van der Waals surface area contributed by atoms with Crippen molar-refractivity contribution in [2.75, 3.05) is 18.1 Å². The van der Waals surface area contributed by atoms with Crippen molar-refractivity contribution in [3.05, 3.63) is 29.3 Å². The summed E-state index contributed by atoms with van der Waals surface area (Å²) in [5.41, 5.74) is 1.26. The Balaban J connectivity index is 1.94. The van der Waals surface area contributed by atoms with Gasteiger partial charge in [-0.1, -0.05) is 18.2 Å². The third-order valence-corrected chi connectivity index (χ3v) is 5.60. The first-order valence-corrected chi connectivity index (χ1v) is 8.73. The van der Waals surface area contributed by atoms with Gasteiger partial charge < -0.3 is 10.1 Å². The molecular weight excluding hydrogens is 290 g/mol. The maximum atomic E-state index is 12.0. The van der Waals surface area contributed by atoms with Crippen molar-refractivity contribution in [1.82, 2.24) is 5.32 Å². The van der Waals surface area contributed by atoms with Crippen LogP contribution in [0.1, 0.15) is 24.5 Å². The summed E-state index contributed by atoms with van der Waals surface area (Å²) in [7, 11) is -3.04. The van der Waals surface area contributed by atoms with E-state index in [0.717, 1.165) is 11.1 Å². The molecular formula is C15H21NO4S. The van der Waals surface area contributed by atoms with Crippen molar-refractivity contribution in [1.29, 1.82) is 0 Å². The highest BCUT2D eigenvalue weighted by Crippen LogP contribution is 2.24. The summed E-state index contributed by atoms with van der Waals surface area (Å²) in [5.74, 6) is 0.533. The quantitative estimate of drug-likeness (QED) is 0.911. The number of benzene rings is 1. The molecule has 116 valence electrons. The molecule has 6 heteroatoms. The van der Waals surface area contributed by atoms with E-state index in [2.05, 4.69) is 5.32 Å². The van der Waals surface area contributed by atoms with Crippen molar-refractivity contribution >= 4 is 15.7 Å². The molecule has 21 heavy (non-hydrogen) atoms. The Morgan fingerprint density at radius 3 is 2.48 bits per heavy atom. The lowest BCUT2D eigenvalue weighted by Gasteiger charge is -2.24. The van der Waals surface area contributed by atoms with Gasteiger partial charge >= 0.3 is 0 Å². The first kappa shape index (κ1) is 15.8. The number of sulfone groups is 1. The van der Waals surface area contributed by atoms with Gasteiger partial charge in [0.1, 0.15) is 5.75 Å². The molecule has 1 aromatic carbocycles. The molecule has 1 aliphatic rings. The van der Waals surface area contributed by atoms with Gasteiger partial charge in [-0.15, -0.1) is 0 Å². The Morgan fingerprint density at radius 1 is 1.33 bits per heavy atom. The lowest BCUT2D eigenvalue weighted by Crippen LogP contribution is -2.48. The van der Waals surface area contributed by atoms with E-state index in [1.165, 1.54) is 0 Å². The molecule has 1 heterocycles. The summed E-state index contributed by atoms with van der Waals surface area (Å²) in [4.78, 5) is 12.0. The van der Waals surface area contributed by atoms with E-state index in [1.807, 2.05) is 32.0 Å². The molecule has 1 aliphatic heterocycles. The summed E-state index contributed by atoms with van der Waals surface area (Å²) >= 11 is 0. The molecule has 1 saturated heterocycles. The molecule has 0 aromatic heterocycles. The SMILES string of the molecule is Cc1cccc(C)c1OCC(=O)NC1(C)CCS(=O)(=O)C1. The van der Waals surface area contributed by atoms with Crippen molar-refractivity contribution in [3.63, 3.8) is 0 Å². The van der Waals surface area contributed by atoms with Gasteiger partial charge in [-0.25, -0.2) is 8.42 Å². The summed E-state index contributed by atoms with van der Waals surface area (Å²) in [6.45, 7) is 5.49. The monoisotopic (exact) mass is 311 g/mol. The molecule has 1 amide bonds. The summed E-state index contributed by atoms with van der Waals surface area (Å²) in [5, 5.41) is 2.78. The predicted octanol–water partition coefficient (Wildman–Crippen LogP) is 1.38. The third-order valence-electron chi connectivity index (χ3n) is 3.70. The lowest BCUT2D eigenvalue weighted by atomic mass is 10.0. The van der Waals surface area contributed by atoms with E-state index in [9.17, 15) is 13.2 Å². The zero-order valence-electron chi connectivity index (χ0n) is 12.6. The zero-order valence-corrected chi connectivity index (χ0v) is 13.4. The maximum absolute atomic E-state index is 12.0. The lowest BCUT2D eigenvalue weighted by molar-refractivity contribution is -0.124. The fourth-order valence-electron chi connectivity index (χ4n) is 2.65. The predicted molar refractivity (Wildman–Crippen MR) is 81.2 cm³/mol. The number of nitrogens with one attached hydrogen (secondary N) is 1. The average molecular weight is 311 g/mol. The Hall–Kier alpha value is -1.56. The van der Waals surface area contributed by atoms with E-state index in [4.69, 9.17) is 4.74 Å². The van der Waals surface area contributed by atoms with Gasteiger partial charge in [0.2, 0.25) is 0 Å². The van der Waals surface area contributed by atoms with E-state index in [-0.39, 0.29) is 24.0 Å². The van der Waals surface area contributed by atoms with Crippen molar-refractivity contribution in [3.8, 4) is 5.75 Å². The Bertz CT molecular complexity index is 633. The van der Waals surface area contributed by atoms with Crippen LogP contribution in [0.5, 0.6) is 5.75 Å². The molecule has 2 rings (SSSR count). The Labute approximate surface area is 125 Å². The third kappa shape index (κ3) is 3.97. The topological polar surface area (TPSA) is 72.5 Å². The Kier molecular flexibility index (Phi) is 4.27. The zero-order chi connectivity index (χ0) is 15.7. The van der Waals surface area contributed by atoms with Crippen LogP contribution in [0.15, 0.2) is 18.2 Å². The fourth-order valence-corrected chi connectivity index (χ4v) is 4.74. The summed E-state index contributed by atoms with van der Waals surface area (Å²) in [6, 6.07) is 5.78. The molecule has 0 saturated carbocycles.